The predicted molar refractivity (Wildman–Crippen MR) is 85.4 cm³/mol. The predicted octanol–water partition coefficient (Wildman–Crippen LogP) is 2.53. The van der Waals surface area contributed by atoms with Gasteiger partial charge in [-0.25, -0.2) is 0 Å². The topological polar surface area (TPSA) is 35.6 Å². The summed E-state index contributed by atoms with van der Waals surface area (Å²) in [6, 6.07) is 7.72. The molecule has 0 aliphatic carbocycles. The molecule has 0 aliphatic heterocycles. The monoisotopic (exact) mass is 277 g/mol. The van der Waals surface area contributed by atoms with E-state index in [0.29, 0.717) is 0 Å². The van der Waals surface area contributed by atoms with Gasteiger partial charge in [-0.05, 0) is 57.7 Å². The van der Waals surface area contributed by atoms with Crippen LogP contribution in [0, 0.1) is 0 Å². The second-order valence-corrected chi connectivity index (χ2v) is 5.39. The van der Waals surface area contributed by atoms with Crippen LogP contribution in [0.1, 0.15) is 30.1 Å². The first-order valence-corrected chi connectivity index (χ1v) is 7.28. The number of amides is 1. The molecule has 112 valence electrons. The fourth-order valence-corrected chi connectivity index (χ4v) is 1.95. The van der Waals surface area contributed by atoms with Gasteiger partial charge >= 0.3 is 0 Å². The Morgan fingerprint density at radius 2 is 1.75 bits per heavy atom. The minimum absolute atomic E-state index is 0.0887. The first-order chi connectivity index (χ1) is 9.54. The minimum atomic E-state index is 0.0887. The molecule has 0 spiro atoms. The van der Waals surface area contributed by atoms with E-state index in [9.17, 15) is 4.79 Å². The molecule has 0 radical (unpaired) electrons. The van der Waals surface area contributed by atoms with Crippen molar-refractivity contribution in [2.75, 3.05) is 46.1 Å². The molecule has 1 aromatic carbocycles. The number of hydrogen-bond donors (Lipinski definition) is 1. The van der Waals surface area contributed by atoms with Crippen LogP contribution in [-0.4, -0.2) is 56.5 Å². The molecule has 0 heterocycles. The van der Waals surface area contributed by atoms with Gasteiger partial charge in [-0.1, -0.05) is 6.92 Å². The van der Waals surface area contributed by atoms with E-state index in [1.165, 1.54) is 0 Å². The molecule has 1 N–H and O–H groups in total. The standard InChI is InChI=1S/C16H27N3O/c1-5-11-17-15-9-7-14(8-10-15)16(20)19(4)13-6-12-18(2)3/h7-10,17H,5-6,11-13H2,1-4H3. The van der Waals surface area contributed by atoms with Crippen molar-refractivity contribution in [2.24, 2.45) is 0 Å². The SMILES string of the molecule is CCCNc1ccc(C(=O)N(C)CCCN(C)C)cc1. The van der Waals surface area contributed by atoms with Crippen molar-refractivity contribution in [1.82, 2.24) is 9.80 Å². The van der Waals surface area contributed by atoms with E-state index < -0.39 is 0 Å². The molecule has 0 unspecified atom stereocenters. The molecule has 0 saturated heterocycles. The van der Waals surface area contributed by atoms with E-state index in [2.05, 4.69) is 17.1 Å². The van der Waals surface area contributed by atoms with Crippen molar-refractivity contribution < 1.29 is 4.79 Å². The highest BCUT2D eigenvalue weighted by Gasteiger charge is 2.11. The second-order valence-electron chi connectivity index (χ2n) is 5.39. The molecule has 0 atom stereocenters. The Morgan fingerprint density at radius 1 is 1.10 bits per heavy atom. The number of nitrogens with zero attached hydrogens (tertiary/aromatic N) is 2. The summed E-state index contributed by atoms with van der Waals surface area (Å²) in [7, 11) is 5.95. The molecular weight excluding hydrogens is 250 g/mol. The summed E-state index contributed by atoms with van der Waals surface area (Å²) in [5, 5.41) is 3.31. The molecule has 1 rings (SSSR count). The number of rotatable bonds is 8. The van der Waals surface area contributed by atoms with Crippen LogP contribution in [0.15, 0.2) is 24.3 Å². The van der Waals surface area contributed by atoms with Crippen LogP contribution in [0.5, 0.6) is 0 Å². The lowest BCUT2D eigenvalue weighted by molar-refractivity contribution is 0.0790. The van der Waals surface area contributed by atoms with Gasteiger partial charge in [0.25, 0.3) is 5.91 Å². The van der Waals surface area contributed by atoms with Gasteiger partial charge in [-0.15, -0.1) is 0 Å². The van der Waals surface area contributed by atoms with E-state index in [1.54, 1.807) is 4.90 Å². The van der Waals surface area contributed by atoms with Gasteiger partial charge < -0.3 is 15.1 Å². The van der Waals surface area contributed by atoms with Crippen LogP contribution in [-0.2, 0) is 0 Å². The fourth-order valence-electron chi connectivity index (χ4n) is 1.95. The quantitative estimate of drug-likeness (QED) is 0.793. The van der Waals surface area contributed by atoms with E-state index >= 15 is 0 Å². The van der Waals surface area contributed by atoms with E-state index in [4.69, 9.17) is 0 Å². The number of hydrogen-bond acceptors (Lipinski definition) is 3. The highest BCUT2D eigenvalue weighted by Crippen LogP contribution is 2.11. The van der Waals surface area contributed by atoms with Crippen molar-refractivity contribution in [1.29, 1.82) is 0 Å². The van der Waals surface area contributed by atoms with Crippen molar-refractivity contribution in [2.45, 2.75) is 19.8 Å². The maximum Gasteiger partial charge on any atom is 0.253 e. The van der Waals surface area contributed by atoms with E-state index in [-0.39, 0.29) is 5.91 Å². The van der Waals surface area contributed by atoms with E-state index in [1.807, 2.05) is 45.4 Å². The highest BCUT2D eigenvalue weighted by molar-refractivity contribution is 5.94. The van der Waals surface area contributed by atoms with E-state index in [0.717, 1.165) is 43.7 Å². The summed E-state index contributed by atoms with van der Waals surface area (Å²) in [6.45, 7) is 4.87. The summed E-state index contributed by atoms with van der Waals surface area (Å²) in [5.74, 6) is 0.0887. The average molecular weight is 277 g/mol. The van der Waals surface area contributed by atoms with Crippen LogP contribution in [0.3, 0.4) is 0 Å². The third kappa shape index (κ3) is 5.61. The molecule has 4 nitrogen and oxygen atoms in total. The normalized spacial score (nSPS) is 10.7. The molecule has 0 aliphatic rings. The molecule has 1 amide bonds. The number of carbonyl (C=O) groups excluding carboxylic acids is 1. The molecule has 0 aromatic heterocycles. The zero-order chi connectivity index (χ0) is 15.0. The number of nitrogens with one attached hydrogen (secondary N) is 1. The summed E-state index contributed by atoms with van der Waals surface area (Å²) < 4.78 is 0. The Labute approximate surface area is 122 Å². The Bertz CT molecular complexity index is 401. The maximum absolute atomic E-state index is 12.2. The van der Waals surface area contributed by atoms with Gasteiger partial charge in [-0.2, -0.15) is 0 Å². The Balaban J connectivity index is 2.49. The third-order valence-electron chi connectivity index (χ3n) is 3.16. The zero-order valence-electron chi connectivity index (χ0n) is 13.1. The maximum atomic E-state index is 12.2. The second kappa shape index (κ2) is 8.59. The largest absolute Gasteiger partial charge is 0.385 e. The molecule has 1 aromatic rings. The summed E-state index contributed by atoms with van der Waals surface area (Å²) in [4.78, 5) is 16.2. The van der Waals surface area contributed by atoms with Crippen molar-refractivity contribution >= 4 is 11.6 Å². The molecule has 0 saturated carbocycles. The Hall–Kier alpha value is -1.55. The average Bonchev–Trinajstić information content (AvgIpc) is 2.44. The smallest absolute Gasteiger partial charge is 0.253 e. The van der Waals surface area contributed by atoms with Gasteiger partial charge in [0.15, 0.2) is 0 Å². The minimum Gasteiger partial charge on any atom is -0.385 e. The molecule has 0 bridgehead atoms. The van der Waals surface area contributed by atoms with Crippen LogP contribution < -0.4 is 5.32 Å². The summed E-state index contributed by atoms with van der Waals surface area (Å²) >= 11 is 0. The van der Waals surface area contributed by atoms with Crippen LogP contribution in [0.4, 0.5) is 5.69 Å². The zero-order valence-corrected chi connectivity index (χ0v) is 13.1. The molecule has 0 fully saturated rings. The van der Waals surface area contributed by atoms with Crippen molar-refractivity contribution in [3.05, 3.63) is 29.8 Å². The van der Waals surface area contributed by atoms with Crippen LogP contribution in [0.2, 0.25) is 0 Å². The van der Waals surface area contributed by atoms with Gasteiger partial charge in [0, 0.05) is 31.4 Å². The van der Waals surface area contributed by atoms with Gasteiger partial charge in [0.1, 0.15) is 0 Å². The first kappa shape index (κ1) is 16.5. The van der Waals surface area contributed by atoms with Crippen LogP contribution >= 0.6 is 0 Å². The lowest BCUT2D eigenvalue weighted by Gasteiger charge is -2.18. The molecule has 20 heavy (non-hydrogen) atoms. The number of benzene rings is 1. The summed E-state index contributed by atoms with van der Waals surface area (Å²) in [5.41, 5.74) is 1.82. The van der Waals surface area contributed by atoms with Crippen molar-refractivity contribution in [3.8, 4) is 0 Å². The Morgan fingerprint density at radius 3 is 2.30 bits per heavy atom. The first-order valence-electron chi connectivity index (χ1n) is 7.28. The lowest BCUT2D eigenvalue weighted by atomic mass is 10.1. The summed E-state index contributed by atoms with van der Waals surface area (Å²) in [6.07, 6.45) is 2.08. The lowest BCUT2D eigenvalue weighted by Crippen LogP contribution is -2.29. The molecular formula is C16H27N3O. The van der Waals surface area contributed by atoms with Gasteiger partial charge in [0.2, 0.25) is 0 Å². The molecule has 4 heteroatoms. The van der Waals surface area contributed by atoms with Crippen LogP contribution in [0.25, 0.3) is 0 Å². The van der Waals surface area contributed by atoms with Gasteiger partial charge in [0.05, 0.1) is 0 Å². The number of anilines is 1. The third-order valence-corrected chi connectivity index (χ3v) is 3.16. The fraction of sp³-hybridized carbons (Fsp3) is 0.562. The van der Waals surface area contributed by atoms with Crippen molar-refractivity contribution in [3.63, 3.8) is 0 Å². The number of carbonyl (C=O) groups is 1. The Kier molecular flexibility index (Phi) is 7.09. The highest BCUT2D eigenvalue weighted by atomic mass is 16.2. The van der Waals surface area contributed by atoms with Gasteiger partial charge in [-0.3, -0.25) is 4.79 Å².